The van der Waals surface area contributed by atoms with Crippen molar-refractivity contribution in [3.63, 3.8) is 0 Å². The largest absolute Gasteiger partial charge is 0.391 e. The Morgan fingerprint density at radius 2 is 1.83 bits per heavy atom. The smallest absolute Gasteiger partial charge is 0.381 e. The first kappa shape index (κ1) is 26.2. The summed E-state index contributed by atoms with van der Waals surface area (Å²) in [5.41, 5.74) is 0.860. The van der Waals surface area contributed by atoms with Gasteiger partial charge in [-0.2, -0.15) is 22.0 Å². The summed E-state index contributed by atoms with van der Waals surface area (Å²) in [6, 6.07) is 3.04. The van der Waals surface area contributed by atoms with Crippen molar-refractivity contribution in [2.24, 2.45) is 11.8 Å². The fraction of sp³-hybridized carbons (Fsp3) is 0.560. The topological polar surface area (TPSA) is 72.8 Å². The Balaban J connectivity index is 0.000000256. The van der Waals surface area contributed by atoms with Crippen molar-refractivity contribution < 1.29 is 26.7 Å². The molecule has 4 heterocycles. The summed E-state index contributed by atoms with van der Waals surface area (Å²) in [5, 5.41) is 0.331. The van der Waals surface area contributed by atoms with E-state index in [0.29, 0.717) is 66.5 Å². The van der Waals surface area contributed by atoms with Gasteiger partial charge in [-0.1, -0.05) is 19.3 Å². The van der Waals surface area contributed by atoms with Crippen molar-refractivity contribution in [1.82, 2.24) is 19.5 Å². The van der Waals surface area contributed by atoms with Crippen LogP contribution in [0, 0.1) is 18.8 Å². The first-order valence-electron chi connectivity index (χ1n) is 12.0. The van der Waals surface area contributed by atoms with Crippen LogP contribution >= 0.6 is 0 Å². The third-order valence-corrected chi connectivity index (χ3v) is 6.57. The van der Waals surface area contributed by atoms with E-state index in [4.69, 9.17) is 4.74 Å². The summed E-state index contributed by atoms with van der Waals surface area (Å²) in [6.45, 7) is 4.44. The minimum Gasteiger partial charge on any atom is -0.381 e. The maximum absolute atomic E-state index is 14.2. The number of hydrogen-bond donors (Lipinski definition) is 1. The van der Waals surface area contributed by atoms with Crippen LogP contribution in [0.5, 0.6) is 0 Å². The fourth-order valence-electron chi connectivity index (χ4n) is 4.74. The molecule has 0 aromatic carbocycles. The lowest BCUT2D eigenvalue weighted by molar-refractivity contribution is -0.181. The van der Waals surface area contributed by atoms with E-state index in [0.717, 1.165) is 26.2 Å². The van der Waals surface area contributed by atoms with Crippen LogP contribution in [0.1, 0.15) is 50.5 Å². The lowest BCUT2D eigenvalue weighted by Gasteiger charge is -2.26. The highest BCUT2D eigenvalue weighted by atomic mass is 19.4. The van der Waals surface area contributed by atoms with Crippen LogP contribution in [0.15, 0.2) is 29.3 Å². The molecule has 1 saturated heterocycles. The van der Waals surface area contributed by atoms with Gasteiger partial charge in [-0.05, 0) is 25.8 Å². The number of nitrogens with zero attached hydrogens (tertiary/aromatic N) is 3. The molecule has 5 rings (SSSR count). The standard InChI is InChI=1S/C18H18F2N4O2.C7H11F3/c1-10-22-13(5-15(25)23-10)12-7-24(6-11-8-26-9-11)14-3-4-21-17(16(12)14)18(2,19)20;8-7(9,10)6-4-2-1-3-5-6/h3-5,7,11H,6,8-9H2,1-2H3,(H,22,23,25);6H,1-5H2. The molecule has 36 heavy (non-hydrogen) atoms. The summed E-state index contributed by atoms with van der Waals surface area (Å²) in [5.74, 6) is -3.35. The van der Waals surface area contributed by atoms with E-state index in [1.165, 1.54) is 12.3 Å². The average molecular weight is 513 g/mol. The lowest BCUT2D eigenvalue weighted by Crippen LogP contribution is -2.31. The first-order valence-corrected chi connectivity index (χ1v) is 12.0. The molecule has 11 heteroatoms. The molecule has 0 bridgehead atoms. The van der Waals surface area contributed by atoms with Crippen LogP contribution in [-0.2, 0) is 17.2 Å². The van der Waals surface area contributed by atoms with Crippen LogP contribution < -0.4 is 5.56 Å². The molecular formula is C25H29F5N4O2. The zero-order valence-corrected chi connectivity index (χ0v) is 20.2. The molecule has 0 unspecified atom stereocenters. The second kappa shape index (κ2) is 10.3. The van der Waals surface area contributed by atoms with Gasteiger partial charge in [-0.25, -0.2) is 4.98 Å². The van der Waals surface area contributed by atoms with E-state index in [9.17, 15) is 26.7 Å². The molecule has 6 nitrogen and oxygen atoms in total. The molecule has 1 aliphatic heterocycles. The van der Waals surface area contributed by atoms with E-state index in [2.05, 4.69) is 15.0 Å². The molecule has 2 fully saturated rings. The van der Waals surface area contributed by atoms with Gasteiger partial charge in [0.25, 0.3) is 11.5 Å². The van der Waals surface area contributed by atoms with Gasteiger partial charge in [0.05, 0.1) is 30.3 Å². The molecule has 3 aromatic heterocycles. The van der Waals surface area contributed by atoms with Crippen molar-refractivity contribution >= 4 is 10.9 Å². The highest BCUT2D eigenvalue weighted by Gasteiger charge is 2.39. The maximum Gasteiger partial charge on any atom is 0.391 e. The molecule has 0 spiro atoms. The maximum atomic E-state index is 14.2. The Morgan fingerprint density at radius 1 is 1.14 bits per heavy atom. The Kier molecular flexibility index (Phi) is 7.49. The Morgan fingerprint density at radius 3 is 2.36 bits per heavy atom. The van der Waals surface area contributed by atoms with E-state index >= 15 is 0 Å². The highest BCUT2D eigenvalue weighted by Crippen LogP contribution is 2.39. The third-order valence-electron chi connectivity index (χ3n) is 6.57. The lowest BCUT2D eigenvalue weighted by atomic mass is 9.89. The number of hydrogen-bond acceptors (Lipinski definition) is 4. The van der Waals surface area contributed by atoms with Crippen LogP contribution in [0.4, 0.5) is 22.0 Å². The van der Waals surface area contributed by atoms with E-state index < -0.39 is 18.0 Å². The SMILES string of the molecule is Cc1nc(-c2cn(CC3COC3)c3ccnc(C(C)(F)F)c23)cc(=O)[nH]1.FC(F)(F)C1CCCCC1. The molecule has 1 aliphatic carbocycles. The summed E-state index contributed by atoms with van der Waals surface area (Å²) in [6.07, 6.45) is 2.43. The predicted octanol–water partition coefficient (Wildman–Crippen LogP) is 5.98. The van der Waals surface area contributed by atoms with Crippen molar-refractivity contribution in [2.45, 2.75) is 64.6 Å². The van der Waals surface area contributed by atoms with Gasteiger partial charge < -0.3 is 14.3 Å². The average Bonchev–Trinajstić information content (AvgIpc) is 3.14. The number of rotatable bonds is 4. The van der Waals surface area contributed by atoms with Gasteiger partial charge in [0.1, 0.15) is 11.5 Å². The normalized spacial score (nSPS) is 17.5. The third kappa shape index (κ3) is 5.93. The fourth-order valence-corrected chi connectivity index (χ4v) is 4.74. The van der Waals surface area contributed by atoms with Crippen LogP contribution in [0.3, 0.4) is 0 Å². The van der Waals surface area contributed by atoms with E-state index in [-0.39, 0.29) is 11.3 Å². The number of halogens is 5. The van der Waals surface area contributed by atoms with Crippen molar-refractivity contribution in [3.05, 3.63) is 46.4 Å². The molecule has 1 saturated carbocycles. The van der Waals surface area contributed by atoms with Gasteiger partial charge in [-0.15, -0.1) is 0 Å². The molecule has 3 aromatic rings. The van der Waals surface area contributed by atoms with Crippen LogP contribution in [0.2, 0.25) is 0 Å². The van der Waals surface area contributed by atoms with Gasteiger partial charge in [0.2, 0.25) is 0 Å². The second-order valence-corrected chi connectivity index (χ2v) is 9.63. The molecule has 0 atom stereocenters. The number of ether oxygens (including phenoxy) is 1. The zero-order valence-electron chi connectivity index (χ0n) is 20.2. The van der Waals surface area contributed by atoms with Crippen LogP contribution in [0.25, 0.3) is 22.2 Å². The number of aromatic nitrogens is 4. The summed E-state index contributed by atoms with van der Waals surface area (Å²) in [4.78, 5) is 22.7. The summed E-state index contributed by atoms with van der Waals surface area (Å²) >= 11 is 0. The van der Waals surface area contributed by atoms with Crippen LogP contribution in [-0.4, -0.2) is 38.9 Å². The number of fused-ring (bicyclic) bond motifs is 1. The number of alkyl halides is 5. The molecule has 1 N–H and O–H groups in total. The highest BCUT2D eigenvalue weighted by molar-refractivity contribution is 5.97. The van der Waals surface area contributed by atoms with E-state index in [1.54, 1.807) is 19.2 Å². The number of pyridine rings is 1. The van der Waals surface area contributed by atoms with Crippen molar-refractivity contribution in [2.75, 3.05) is 13.2 Å². The monoisotopic (exact) mass is 512 g/mol. The zero-order chi connectivity index (χ0) is 26.1. The van der Waals surface area contributed by atoms with Gasteiger partial charge in [0, 0.05) is 48.8 Å². The molecule has 2 aliphatic rings. The summed E-state index contributed by atoms with van der Waals surface area (Å²) < 4.78 is 71.4. The van der Waals surface area contributed by atoms with Crippen molar-refractivity contribution in [1.29, 1.82) is 0 Å². The Labute approximate surface area is 204 Å². The van der Waals surface area contributed by atoms with Gasteiger partial charge in [-0.3, -0.25) is 9.78 Å². The Hall–Kier alpha value is -2.82. The predicted molar refractivity (Wildman–Crippen MR) is 125 cm³/mol. The number of H-pyrrole nitrogens is 1. The quantitative estimate of drug-likeness (QED) is 0.437. The molecular weight excluding hydrogens is 483 g/mol. The minimum atomic E-state index is -3.93. The number of aromatic amines is 1. The number of nitrogens with one attached hydrogen (secondary N) is 1. The van der Waals surface area contributed by atoms with Crippen molar-refractivity contribution in [3.8, 4) is 11.3 Å². The second-order valence-electron chi connectivity index (χ2n) is 9.63. The van der Waals surface area contributed by atoms with E-state index in [1.807, 2.05) is 4.57 Å². The molecule has 196 valence electrons. The first-order chi connectivity index (χ1) is 16.9. The molecule has 0 amide bonds. The van der Waals surface area contributed by atoms with Gasteiger partial charge in [0.15, 0.2) is 0 Å². The van der Waals surface area contributed by atoms with Gasteiger partial charge >= 0.3 is 6.18 Å². The minimum absolute atomic E-state index is 0.312. The number of aryl methyl sites for hydroxylation is 1. The Bertz CT molecular complexity index is 1250. The summed E-state index contributed by atoms with van der Waals surface area (Å²) in [7, 11) is 0. The molecule has 0 radical (unpaired) electrons.